The Bertz CT molecular complexity index is 922. The van der Waals surface area contributed by atoms with Gasteiger partial charge < -0.3 is 4.90 Å². The summed E-state index contributed by atoms with van der Waals surface area (Å²) < 4.78 is 26.1. The molecule has 0 aromatic heterocycles. The van der Waals surface area contributed by atoms with E-state index >= 15 is 0 Å². The number of aryl methyl sites for hydroxylation is 1. The highest BCUT2D eigenvalue weighted by molar-refractivity contribution is 7.92. The summed E-state index contributed by atoms with van der Waals surface area (Å²) in [6, 6.07) is 16.7. The van der Waals surface area contributed by atoms with E-state index in [1.165, 1.54) is 9.87 Å². The number of carbonyl (C=O) groups is 1. The molecule has 0 aliphatic carbocycles. The number of anilines is 1. The van der Waals surface area contributed by atoms with E-state index < -0.39 is 16.1 Å². The zero-order valence-electron chi connectivity index (χ0n) is 17.3. The van der Waals surface area contributed by atoms with Gasteiger partial charge in [0.1, 0.15) is 6.04 Å². The van der Waals surface area contributed by atoms with E-state index in [4.69, 9.17) is 0 Å². The lowest BCUT2D eigenvalue weighted by Crippen LogP contribution is -2.55. The number of rotatable bonds is 6. The fraction of sp³-hybridized carbons (Fsp3) is 0.409. The largest absolute Gasteiger partial charge is 0.338 e. The molecule has 2 aromatic rings. The highest BCUT2D eigenvalue weighted by Crippen LogP contribution is 2.22. The molecule has 29 heavy (non-hydrogen) atoms. The summed E-state index contributed by atoms with van der Waals surface area (Å²) in [7, 11) is -3.59. The van der Waals surface area contributed by atoms with Gasteiger partial charge in [-0.15, -0.1) is 0 Å². The quantitative estimate of drug-likeness (QED) is 0.727. The molecule has 156 valence electrons. The fourth-order valence-electron chi connectivity index (χ4n) is 3.73. The molecule has 0 N–H and O–H groups in total. The fourth-order valence-corrected chi connectivity index (χ4v) is 4.90. The van der Waals surface area contributed by atoms with Gasteiger partial charge in [-0.2, -0.15) is 0 Å². The summed E-state index contributed by atoms with van der Waals surface area (Å²) in [5, 5.41) is 0. The first kappa shape index (κ1) is 21.3. The minimum atomic E-state index is -3.59. The van der Waals surface area contributed by atoms with Crippen LogP contribution < -0.4 is 4.31 Å². The zero-order valence-corrected chi connectivity index (χ0v) is 18.1. The molecule has 2 aromatic carbocycles. The second kappa shape index (κ2) is 8.97. The average molecular weight is 416 g/mol. The third-order valence-corrected chi connectivity index (χ3v) is 6.53. The number of sulfonamides is 1. The Morgan fingerprint density at radius 1 is 1.00 bits per heavy atom. The van der Waals surface area contributed by atoms with Crippen LogP contribution in [0.15, 0.2) is 54.6 Å². The maximum absolute atomic E-state index is 13.1. The number of amides is 1. The van der Waals surface area contributed by atoms with E-state index in [1.807, 2.05) is 37.3 Å². The molecule has 1 unspecified atom stereocenters. The number of piperazine rings is 1. The van der Waals surface area contributed by atoms with Crippen LogP contribution in [0.1, 0.15) is 18.1 Å². The van der Waals surface area contributed by atoms with Crippen LogP contribution in [-0.4, -0.2) is 62.6 Å². The normalized spacial score (nSPS) is 16.4. The number of benzene rings is 2. The minimum Gasteiger partial charge on any atom is -0.338 e. The van der Waals surface area contributed by atoms with Gasteiger partial charge in [-0.3, -0.25) is 14.0 Å². The summed E-state index contributed by atoms with van der Waals surface area (Å²) in [4.78, 5) is 17.2. The van der Waals surface area contributed by atoms with Gasteiger partial charge in [0.05, 0.1) is 11.9 Å². The highest BCUT2D eigenvalue weighted by atomic mass is 32.2. The topological polar surface area (TPSA) is 60.9 Å². The lowest BCUT2D eigenvalue weighted by atomic mass is 10.1. The van der Waals surface area contributed by atoms with Crippen molar-refractivity contribution < 1.29 is 13.2 Å². The van der Waals surface area contributed by atoms with Gasteiger partial charge in [-0.05, 0) is 31.5 Å². The monoisotopic (exact) mass is 415 g/mol. The first-order valence-corrected chi connectivity index (χ1v) is 11.7. The van der Waals surface area contributed by atoms with Crippen LogP contribution in [0.4, 0.5) is 5.69 Å². The van der Waals surface area contributed by atoms with Crippen molar-refractivity contribution in [2.75, 3.05) is 36.7 Å². The maximum Gasteiger partial charge on any atom is 0.246 e. The average Bonchev–Trinajstić information content (AvgIpc) is 2.69. The van der Waals surface area contributed by atoms with Gasteiger partial charge in [0.2, 0.25) is 15.9 Å². The Labute approximate surface area is 173 Å². The van der Waals surface area contributed by atoms with Crippen LogP contribution in [-0.2, 0) is 21.4 Å². The van der Waals surface area contributed by atoms with Crippen molar-refractivity contribution in [3.8, 4) is 0 Å². The molecule has 1 aliphatic heterocycles. The van der Waals surface area contributed by atoms with Gasteiger partial charge in [0, 0.05) is 32.7 Å². The van der Waals surface area contributed by atoms with E-state index in [2.05, 4.69) is 17.0 Å². The first-order valence-electron chi connectivity index (χ1n) is 9.87. The second-order valence-electron chi connectivity index (χ2n) is 7.66. The summed E-state index contributed by atoms with van der Waals surface area (Å²) in [5.74, 6) is -0.157. The predicted molar refractivity (Wildman–Crippen MR) is 116 cm³/mol. The molecule has 0 spiro atoms. The van der Waals surface area contributed by atoms with Gasteiger partial charge in [-0.25, -0.2) is 8.42 Å². The molecule has 7 heteroatoms. The van der Waals surface area contributed by atoms with Crippen molar-refractivity contribution in [1.82, 2.24) is 9.80 Å². The SMILES string of the molecule is Cc1ccc(N(C(C)C(=O)N2CCN(Cc3ccccc3)CC2)S(C)(=O)=O)cc1. The Balaban J connectivity index is 1.66. The summed E-state index contributed by atoms with van der Waals surface area (Å²) >= 11 is 0. The van der Waals surface area contributed by atoms with Gasteiger partial charge in [-0.1, -0.05) is 48.0 Å². The number of carbonyl (C=O) groups excluding carboxylic acids is 1. The molecule has 1 aliphatic rings. The Morgan fingerprint density at radius 2 is 1.59 bits per heavy atom. The van der Waals surface area contributed by atoms with Crippen molar-refractivity contribution in [2.24, 2.45) is 0 Å². The smallest absolute Gasteiger partial charge is 0.246 e. The van der Waals surface area contributed by atoms with E-state index in [0.29, 0.717) is 18.8 Å². The predicted octanol–water partition coefficient (Wildman–Crippen LogP) is 2.49. The van der Waals surface area contributed by atoms with Crippen LogP contribution in [0.3, 0.4) is 0 Å². The second-order valence-corrected chi connectivity index (χ2v) is 9.52. The molecule has 0 saturated carbocycles. The van der Waals surface area contributed by atoms with E-state index in [-0.39, 0.29) is 5.91 Å². The maximum atomic E-state index is 13.1. The van der Waals surface area contributed by atoms with Crippen molar-refractivity contribution in [3.05, 3.63) is 65.7 Å². The third-order valence-electron chi connectivity index (χ3n) is 5.29. The van der Waals surface area contributed by atoms with E-state index in [1.54, 1.807) is 24.0 Å². The summed E-state index contributed by atoms with van der Waals surface area (Å²) in [5.41, 5.74) is 2.81. The molecule has 0 radical (unpaired) electrons. The van der Waals surface area contributed by atoms with Crippen LogP contribution >= 0.6 is 0 Å². The molecule has 6 nitrogen and oxygen atoms in total. The molecule has 1 atom stereocenters. The van der Waals surface area contributed by atoms with Crippen molar-refractivity contribution in [2.45, 2.75) is 26.4 Å². The molecule has 1 fully saturated rings. The first-order chi connectivity index (χ1) is 13.8. The van der Waals surface area contributed by atoms with Crippen LogP contribution in [0.5, 0.6) is 0 Å². The minimum absolute atomic E-state index is 0.157. The van der Waals surface area contributed by atoms with Gasteiger partial charge in [0.25, 0.3) is 0 Å². The number of hydrogen-bond acceptors (Lipinski definition) is 4. The highest BCUT2D eigenvalue weighted by Gasteiger charge is 2.33. The molecule has 1 heterocycles. The number of nitrogens with zero attached hydrogens (tertiary/aromatic N) is 3. The van der Waals surface area contributed by atoms with Crippen molar-refractivity contribution >= 4 is 21.6 Å². The number of hydrogen-bond donors (Lipinski definition) is 0. The molecule has 1 amide bonds. The van der Waals surface area contributed by atoms with Gasteiger partial charge >= 0.3 is 0 Å². The van der Waals surface area contributed by atoms with Crippen LogP contribution in [0.25, 0.3) is 0 Å². The molecular weight excluding hydrogens is 386 g/mol. The lowest BCUT2D eigenvalue weighted by molar-refractivity contribution is -0.133. The third kappa shape index (κ3) is 5.36. The van der Waals surface area contributed by atoms with Crippen LogP contribution in [0.2, 0.25) is 0 Å². The molecule has 0 bridgehead atoms. The summed E-state index contributed by atoms with van der Waals surface area (Å²) in [6.07, 6.45) is 1.15. The zero-order chi connectivity index (χ0) is 21.0. The summed E-state index contributed by atoms with van der Waals surface area (Å²) in [6.45, 7) is 7.21. The van der Waals surface area contributed by atoms with Crippen LogP contribution in [0, 0.1) is 6.92 Å². The molecular formula is C22H29N3O3S. The van der Waals surface area contributed by atoms with Gasteiger partial charge in [0.15, 0.2) is 0 Å². The molecule has 1 saturated heterocycles. The Hall–Kier alpha value is -2.38. The standard InChI is InChI=1S/C22H29N3O3S/c1-18-9-11-21(12-10-18)25(29(3,27)28)19(2)22(26)24-15-13-23(14-16-24)17-20-7-5-4-6-8-20/h4-12,19H,13-17H2,1-3H3. The van der Waals surface area contributed by atoms with E-state index in [9.17, 15) is 13.2 Å². The lowest BCUT2D eigenvalue weighted by Gasteiger charge is -2.38. The van der Waals surface area contributed by atoms with Crippen molar-refractivity contribution in [3.63, 3.8) is 0 Å². The Morgan fingerprint density at radius 3 is 2.14 bits per heavy atom. The molecule has 3 rings (SSSR count). The van der Waals surface area contributed by atoms with Crippen molar-refractivity contribution in [1.29, 1.82) is 0 Å². The van der Waals surface area contributed by atoms with E-state index in [0.717, 1.165) is 31.5 Å². The Kier molecular flexibility index (Phi) is 6.59.